The first kappa shape index (κ1) is 25.2. The van der Waals surface area contributed by atoms with Gasteiger partial charge in [0.2, 0.25) is 0 Å². The summed E-state index contributed by atoms with van der Waals surface area (Å²) in [6, 6.07) is 12.2. The first-order valence-electron chi connectivity index (χ1n) is 11.4. The first-order valence-corrected chi connectivity index (χ1v) is 11.4. The average Bonchev–Trinajstić information content (AvgIpc) is 3.47. The van der Waals surface area contributed by atoms with Crippen molar-refractivity contribution in [2.45, 2.75) is 45.8 Å². The van der Waals surface area contributed by atoms with E-state index >= 15 is 0 Å². The molecule has 1 aliphatic rings. The maximum absolute atomic E-state index is 6.11. The molecule has 0 aliphatic carbocycles. The van der Waals surface area contributed by atoms with Gasteiger partial charge < -0.3 is 20.1 Å². The molecule has 3 aromatic rings. The summed E-state index contributed by atoms with van der Waals surface area (Å²) in [6.07, 6.45) is 5.10. The molecule has 3 heterocycles. The van der Waals surface area contributed by atoms with Gasteiger partial charge in [-0.05, 0) is 50.5 Å². The van der Waals surface area contributed by atoms with Crippen LogP contribution in [-0.4, -0.2) is 53.0 Å². The number of aromatic nitrogens is 3. The van der Waals surface area contributed by atoms with Crippen LogP contribution in [0.5, 0.6) is 5.75 Å². The van der Waals surface area contributed by atoms with Gasteiger partial charge in [-0.15, -0.1) is 34.2 Å². The third-order valence-electron chi connectivity index (χ3n) is 5.45. The van der Waals surface area contributed by atoms with Gasteiger partial charge in [0.15, 0.2) is 11.6 Å². The van der Waals surface area contributed by atoms with Crippen molar-refractivity contribution in [3.8, 4) is 5.75 Å². The van der Waals surface area contributed by atoms with Crippen molar-refractivity contribution in [1.82, 2.24) is 25.2 Å². The van der Waals surface area contributed by atoms with Crippen LogP contribution in [0.25, 0.3) is 5.65 Å². The Morgan fingerprint density at radius 1 is 1.24 bits per heavy atom. The van der Waals surface area contributed by atoms with Gasteiger partial charge in [0, 0.05) is 37.9 Å². The largest absolute Gasteiger partial charge is 0.491 e. The number of hydrogen-bond acceptors (Lipinski definition) is 5. The van der Waals surface area contributed by atoms with Crippen LogP contribution in [0.15, 0.2) is 47.6 Å². The molecule has 2 N–H and O–H groups in total. The zero-order valence-corrected chi connectivity index (χ0v) is 21.6. The monoisotopic (exact) mass is 564 g/mol. The number of aryl methyl sites for hydroxylation is 1. The molecule has 0 amide bonds. The summed E-state index contributed by atoms with van der Waals surface area (Å²) in [5.41, 5.74) is 3.10. The minimum Gasteiger partial charge on any atom is -0.491 e. The van der Waals surface area contributed by atoms with Crippen molar-refractivity contribution in [1.29, 1.82) is 0 Å². The number of halogens is 1. The van der Waals surface area contributed by atoms with Gasteiger partial charge in [-0.2, -0.15) is 0 Å². The predicted octanol–water partition coefficient (Wildman–Crippen LogP) is 3.51. The van der Waals surface area contributed by atoms with Crippen LogP contribution in [0, 0.1) is 6.92 Å². The summed E-state index contributed by atoms with van der Waals surface area (Å²) in [4.78, 5) is 4.78. The van der Waals surface area contributed by atoms with Crippen molar-refractivity contribution in [3.05, 3.63) is 59.5 Å². The fourth-order valence-corrected chi connectivity index (χ4v) is 3.75. The van der Waals surface area contributed by atoms with Crippen molar-refractivity contribution in [2.24, 2.45) is 4.99 Å². The van der Waals surface area contributed by atoms with E-state index in [0.29, 0.717) is 19.7 Å². The van der Waals surface area contributed by atoms with Crippen LogP contribution in [0.2, 0.25) is 0 Å². The highest BCUT2D eigenvalue weighted by Gasteiger charge is 2.17. The molecule has 1 fully saturated rings. The second-order valence-corrected chi connectivity index (χ2v) is 7.97. The third-order valence-corrected chi connectivity index (χ3v) is 5.45. The van der Waals surface area contributed by atoms with Crippen LogP contribution in [0.3, 0.4) is 0 Å². The van der Waals surface area contributed by atoms with Crippen molar-refractivity contribution < 1.29 is 9.47 Å². The van der Waals surface area contributed by atoms with Gasteiger partial charge in [0.25, 0.3) is 0 Å². The molecule has 1 atom stereocenters. The van der Waals surface area contributed by atoms with Crippen LogP contribution in [-0.2, 0) is 17.7 Å². The van der Waals surface area contributed by atoms with Crippen LogP contribution < -0.4 is 15.4 Å². The number of benzene rings is 1. The molecule has 1 unspecified atom stereocenters. The van der Waals surface area contributed by atoms with Crippen LogP contribution >= 0.6 is 24.0 Å². The lowest BCUT2D eigenvalue weighted by Gasteiger charge is -2.15. The van der Waals surface area contributed by atoms with Crippen molar-refractivity contribution in [3.63, 3.8) is 0 Å². The molecule has 0 saturated carbocycles. The van der Waals surface area contributed by atoms with Crippen molar-refractivity contribution in [2.75, 3.05) is 26.3 Å². The number of ether oxygens (including phenoxy) is 2. The van der Waals surface area contributed by atoms with E-state index in [1.807, 2.05) is 28.8 Å². The predicted molar refractivity (Wildman–Crippen MR) is 141 cm³/mol. The number of aliphatic imine (C=N–C) groups is 1. The van der Waals surface area contributed by atoms with Gasteiger partial charge >= 0.3 is 0 Å². The Balaban J connectivity index is 0.00000306. The normalized spacial score (nSPS) is 15.9. The van der Waals surface area contributed by atoms with E-state index in [2.05, 4.69) is 52.9 Å². The molecule has 4 rings (SSSR count). The average molecular weight is 564 g/mol. The van der Waals surface area contributed by atoms with E-state index < -0.39 is 0 Å². The fourth-order valence-electron chi connectivity index (χ4n) is 3.75. The Morgan fingerprint density at radius 2 is 2.15 bits per heavy atom. The number of nitrogens with one attached hydrogen (secondary N) is 2. The smallest absolute Gasteiger partial charge is 0.191 e. The summed E-state index contributed by atoms with van der Waals surface area (Å²) in [5, 5.41) is 15.2. The first-order chi connectivity index (χ1) is 15.7. The Labute approximate surface area is 212 Å². The van der Waals surface area contributed by atoms with E-state index in [1.165, 1.54) is 5.56 Å². The topological polar surface area (TPSA) is 85.1 Å². The van der Waals surface area contributed by atoms with Crippen LogP contribution in [0.4, 0.5) is 0 Å². The number of rotatable bonds is 9. The molecule has 0 radical (unpaired) electrons. The number of nitrogens with zero attached hydrogens (tertiary/aromatic N) is 4. The summed E-state index contributed by atoms with van der Waals surface area (Å²) in [5.74, 6) is 2.58. The lowest BCUT2D eigenvalue weighted by molar-refractivity contribution is 0.0676. The minimum absolute atomic E-state index is 0. The summed E-state index contributed by atoms with van der Waals surface area (Å²) >= 11 is 0. The number of hydrogen-bond donors (Lipinski definition) is 2. The van der Waals surface area contributed by atoms with Gasteiger partial charge in [-0.25, -0.2) is 4.99 Å². The summed E-state index contributed by atoms with van der Waals surface area (Å²) in [6.45, 7) is 7.58. The molecule has 8 nitrogen and oxygen atoms in total. The highest BCUT2D eigenvalue weighted by molar-refractivity contribution is 14.0. The number of fused-ring (bicyclic) bond motifs is 1. The molecular weight excluding hydrogens is 531 g/mol. The standard InChI is InChI=1S/C24H32N6O2.HI/c1-3-25-24(26-12-11-23-29-28-22-8-4-5-13-30(22)23)27-16-19-10-9-18(2)15-21(19)32-17-20-7-6-14-31-20;/h4-5,8-10,13,15,20H,3,6-7,11-12,14,16-17H2,1-2H3,(H2,25,26,27);1H. The molecule has 178 valence electrons. The molecule has 0 bridgehead atoms. The van der Waals surface area contributed by atoms with E-state index in [1.54, 1.807) is 0 Å². The van der Waals surface area contributed by atoms with Gasteiger partial charge in [-0.1, -0.05) is 18.2 Å². The Kier molecular flexibility index (Phi) is 9.74. The van der Waals surface area contributed by atoms with E-state index in [4.69, 9.17) is 14.5 Å². The fraction of sp³-hybridized carbons (Fsp3) is 0.458. The molecule has 1 aromatic carbocycles. The highest BCUT2D eigenvalue weighted by Crippen LogP contribution is 2.23. The molecule has 0 spiro atoms. The Morgan fingerprint density at radius 3 is 2.97 bits per heavy atom. The van der Waals surface area contributed by atoms with Gasteiger partial charge in [0.05, 0.1) is 12.6 Å². The summed E-state index contributed by atoms with van der Waals surface area (Å²) < 4.78 is 13.8. The second kappa shape index (κ2) is 12.7. The van der Waals surface area contributed by atoms with Crippen LogP contribution in [0.1, 0.15) is 36.7 Å². The molecule has 1 aliphatic heterocycles. The zero-order valence-electron chi connectivity index (χ0n) is 19.3. The number of pyridine rings is 1. The molecular formula is C24H33IN6O2. The zero-order chi connectivity index (χ0) is 22.2. The second-order valence-electron chi connectivity index (χ2n) is 7.97. The Bertz CT molecular complexity index is 1050. The van der Waals surface area contributed by atoms with E-state index in [9.17, 15) is 0 Å². The minimum atomic E-state index is 0. The number of guanidine groups is 1. The third kappa shape index (κ3) is 7.04. The van der Waals surface area contributed by atoms with Gasteiger partial charge in [-0.3, -0.25) is 4.40 Å². The van der Waals surface area contributed by atoms with E-state index in [-0.39, 0.29) is 30.1 Å². The Hall–Kier alpha value is -2.40. The molecule has 2 aromatic heterocycles. The SMILES string of the molecule is CCNC(=NCc1ccc(C)cc1OCC1CCCO1)NCCc1nnc2ccccn12.I. The lowest BCUT2D eigenvalue weighted by Crippen LogP contribution is -2.38. The maximum Gasteiger partial charge on any atom is 0.191 e. The summed E-state index contributed by atoms with van der Waals surface area (Å²) in [7, 11) is 0. The quantitative estimate of drug-likeness (QED) is 0.235. The van der Waals surface area contributed by atoms with Crippen molar-refractivity contribution >= 4 is 35.6 Å². The molecule has 1 saturated heterocycles. The van der Waals surface area contributed by atoms with Gasteiger partial charge in [0.1, 0.15) is 18.2 Å². The van der Waals surface area contributed by atoms with E-state index in [0.717, 1.165) is 61.2 Å². The molecule has 9 heteroatoms. The highest BCUT2D eigenvalue weighted by atomic mass is 127. The maximum atomic E-state index is 6.11. The lowest BCUT2D eigenvalue weighted by atomic mass is 10.1. The molecule has 33 heavy (non-hydrogen) atoms.